The van der Waals surface area contributed by atoms with E-state index in [1.807, 2.05) is 42.1 Å². The van der Waals surface area contributed by atoms with Gasteiger partial charge in [0.1, 0.15) is 23.7 Å². The molecule has 0 spiro atoms. The van der Waals surface area contributed by atoms with Crippen LogP contribution in [0, 0.1) is 11.6 Å². The van der Waals surface area contributed by atoms with Crippen molar-refractivity contribution in [2.24, 2.45) is 0 Å². The predicted molar refractivity (Wildman–Crippen MR) is 302 cm³/mol. The number of amides is 7. The van der Waals surface area contributed by atoms with Gasteiger partial charge in [0.15, 0.2) is 5.78 Å². The summed E-state index contributed by atoms with van der Waals surface area (Å²) in [5, 5.41) is 24.0. The number of nitrogens with one attached hydrogen (secondary N) is 8. The molecule has 8 N–H and O–H groups in total. The highest BCUT2D eigenvalue weighted by Crippen LogP contribution is 2.33. The Morgan fingerprint density at radius 2 is 1.22 bits per heavy atom. The Balaban J connectivity index is 0.752. The van der Waals surface area contributed by atoms with Gasteiger partial charge < -0.3 is 42.5 Å². The monoisotopic (exact) mass is 1110 g/mol. The minimum absolute atomic E-state index is 0.0667. The van der Waals surface area contributed by atoms with Crippen molar-refractivity contribution in [3.63, 3.8) is 0 Å². The van der Waals surface area contributed by atoms with Gasteiger partial charge in [-0.1, -0.05) is 126 Å². The molecule has 0 aliphatic carbocycles. The van der Waals surface area contributed by atoms with Gasteiger partial charge in [-0.25, -0.2) is 13.6 Å². The first-order valence-corrected chi connectivity index (χ1v) is 30.1. The lowest BCUT2D eigenvalue weighted by Gasteiger charge is -2.21. The van der Waals surface area contributed by atoms with Crippen LogP contribution in [-0.2, 0) is 49.9 Å². The summed E-state index contributed by atoms with van der Waals surface area (Å²) in [5.41, 5.74) is 3.73. The van der Waals surface area contributed by atoms with E-state index in [-0.39, 0.29) is 60.7 Å². The zero-order valence-corrected chi connectivity index (χ0v) is 46.1. The third-order valence-corrected chi connectivity index (χ3v) is 17.1. The fourth-order valence-electron chi connectivity index (χ4n) is 8.97. The largest absolute Gasteiger partial charge is 0.355 e. The Morgan fingerprint density at radius 1 is 0.623 bits per heavy atom. The van der Waals surface area contributed by atoms with E-state index in [9.17, 15) is 42.3 Å². The Hall–Kier alpha value is -5.96. The minimum Gasteiger partial charge on any atom is -0.355 e. The maximum Gasteiger partial charge on any atom is 0.315 e. The van der Waals surface area contributed by atoms with Gasteiger partial charge in [-0.3, -0.25) is 28.8 Å². The molecule has 0 aromatic heterocycles. The second-order valence-electron chi connectivity index (χ2n) is 19.3. The number of fused-ring (bicyclic) bond motifs is 1. The highest BCUT2D eigenvalue weighted by Gasteiger charge is 2.42. The van der Waals surface area contributed by atoms with Crippen LogP contribution < -0.4 is 42.5 Å². The lowest BCUT2D eigenvalue weighted by atomic mass is 10.0. The third-order valence-electron chi connectivity index (χ3n) is 13.1. The molecule has 0 saturated carbocycles. The molecule has 0 unspecified atom stereocenters. The van der Waals surface area contributed by atoms with Crippen molar-refractivity contribution < 1.29 is 42.3 Å². The van der Waals surface area contributed by atoms with E-state index in [0.717, 1.165) is 104 Å². The van der Waals surface area contributed by atoms with Crippen molar-refractivity contribution in [3.8, 4) is 0 Å². The maximum absolute atomic E-state index is 13.7. The summed E-state index contributed by atoms with van der Waals surface area (Å²) in [7, 11) is 3.40. The highest BCUT2D eigenvalue weighted by molar-refractivity contribution is 8.76. The summed E-state index contributed by atoms with van der Waals surface area (Å²) < 4.78 is 27.5. The van der Waals surface area contributed by atoms with Gasteiger partial charge in [0, 0.05) is 85.1 Å². The lowest BCUT2D eigenvalue weighted by molar-refractivity contribution is -0.131. The van der Waals surface area contributed by atoms with Crippen LogP contribution >= 0.6 is 33.3 Å². The summed E-state index contributed by atoms with van der Waals surface area (Å²) in [6.45, 7) is 4.47. The van der Waals surface area contributed by atoms with Crippen LogP contribution in [0.4, 0.5) is 13.6 Å². The van der Waals surface area contributed by atoms with Gasteiger partial charge in [-0.05, 0) is 73.5 Å². The van der Waals surface area contributed by atoms with E-state index in [2.05, 4.69) is 42.5 Å². The van der Waals surface area contributed by atoms with Crippen LogP contribution in [0.15, 0.2) is 97.1 Å². The standard InChI is InChI=1S/C57H72F2N8O7S3/c1-38(64-56(73)47(32-39-12-6-5-7-13-39)65-52(70)33-42-30-45(58)34-46(59)31-42)55(72)63-36-41-19-23-44(24-20-41)54(71)43-21-17-40(18-22-43)35-60-25-11-4-2-3-8-15-50(68)61-26-28-76-77-29-27-62-51(69)16-10-9-14-49-53-48(37-75-49)66-57(74)67-53/h5-7,12-13,17-24,30-31,34,38,47-49,53,60H,2-4,8-11,14-16,25-29,32-33,35-37H2,1H3,(H,61,68)(H,62,69)(H,63,72)(H,64,73)(H,65,70)(H2,66,67,74)/t38-,47-,48-,49-,53-/m0/s1. The topological polar surface area (TPSA) is 216 Å². The number of ketones is 1. The van der Waals surface area contributed by atoms with E-state index in [0.29, 0.717) is 54.9 Å². The molecule has 0 bridgehead atoms. The Bertz CT molecular complexity index is 2550. The Morgan fingerprint density at radius 3 is 1.87 bits per heavy atom. The van der Waals surface area contributed by atoms with E-state index in [1.165, 1.54) is 6.92 Å². The van der Waals surface area contributed by atoms with Gasteiger partial charge in [-0.15, -0.1) is 0 Å². The molecule has 20 heteroatoms. The molecule has 6 rings (SSSR count). The second-order valence-corrected chi connectivity index (χ2v) is 23.3. The molecule has 0 radical (unpaired) electrons. The predicted octanol–water partition coefficient (Wildman–Crippen LogP) is 7.06. The molecular weight excluding hydrogens is 1040 g/mol. The van der Waals surface area contributed by atoms with E-state index < -0.39 is 41.4 Å². The van der Waals surface area contributed by atoms with Crippen LogP contribution in [0.25, 0.3) is 0 Å². The number of rotatable bonds is 34. The molecular formula is C57H72F2N8O7S3. The maximum atomic E-state index is 13.7. The number of halogens is 2. The fourth-order valence-corrected chi connectivity index (χ4v) is 12.3. The highest BCUT2D eigenvalue weighted by atomic mass is 33.1. The fraction of sp³-hybridized carbons (Fsp3) is 0.456. The number of carbonyl (C=O) groups excluding carboxylic acids is 7. The van der Waals surface area contributed by atoms with Crippen LogP contribution in [0.2, 0.25) is 0 Å². The molecule has 7 amide bonds. The summed E-state index contributed by atoms with van der Waals surface area (Å²) in [6, 6.07) is 24.6. The first kappa shape index (κ1) is 60.3. The molecule has 15 nitrogen and oxygen atoms in total. The molecule has 4 aromatic rings. The Kier molecular flexibility index (Phi) is 25.6. The van der Waals surface area contributed by atoms with E-state index in [4.69, 9.17) is 0 Å². The van der Waals surface area contributed by atoms with Crippen LogP contribution in [0.3, 0.4) is 0 Å². The van der Waals surface area contributed by atoms with E-state index in [1.54, 1.807) is 70.1 Å². The van der Waals surface area contributed by atoms with Gasteiger partial charge in [0.2, 0.25) is 29.5 Å². The average Bonchev–Trinajstić information content (AvgIpc) is 3.98. The van der Waals surface area contributed by atoms with Crippen molar-refractivity contribution in [3.05, 3.63) is 142 Å². The Labute approximate surface area is 462 Å². The molecule has 2 aliphatic heterocycles. The van der Waals surface area contributed by atoms with Crippen LogP contribution in [-0.4, -0.2) is 108 Å². The summed E-state index contributed by atoms with van der Waals surface area (Å²) in [5.74, 6) is -0.703. The van der Waals surface area contributed by atoms with Crippen molar-refractivity contribution in [1.29, 1.82) is 0 Å². The van der Waals surface area contributed by atoms with Crippen LogP contribution in [0.1, 0.15) is 109 Å². The summed E-state index contributed by atoms with van der Waals surface area (Å²) in [6.07, 6.45) is 8.70. The lowest BCUT2D eigenvalue weighted by Crippen LogP contribution is -2.53. The average molecular weight is 1120 g/mol. The molecule has 77 heavy (non-hydrogen) atoms. The number of carbonyl (C=O) groups is 7. The number of urea groups is 1. The molecule has 2 saturated heterocycles. The number of unbranched alkanes of at least 4 members (excludes halogenated alkanes) is 5. The molecule has 4 aromatic carbocycles. The summed E-state index contributed by atoms with van der Waals surface area (Å²) in [4.78, 5) is 88.7. The van der Waals surface area contributed by atoms with Crippen LogP contribution in [0.5, 0.6) is 0 Å². The number of hydrogen-bond acceptors (Lipinski definition) is 11. The summed E-state index contributed by atoms with van der Waals surface area (Å²) >= 11 is 1.90. The number of thioether (sulfide) groups is 1. The number of benzene rings is 4. The van der Waals surface area contributed by atoms with Gasteiger partial charge in [0.25, 0.3) is 0 Å². The first-order chi connectivity index (χ1) is 37.3. The van der Waals surface area contributed by atoms with E-state index >= 15 is 0 Å². The smallest absolute Gasteiger partial charge is 0.315 e. The molecule has 2 fully saturated rings. The first-order valence-electron chi connectivity index (χ1n) is 26.6. The molecule has 2 heterocycles. The second kappa shape index (κ2) is 32.7. The molecule has 5 atom stereocenters. The zero-order valence-electron chi connectivity index (χ0n) is 43.6. The SMILES string of the molecule is C[C@H](NC(=O)[C@H](Cc1ccccc1)NC(=O)Cc1cc(F)cc(F)c1)C(=O)NCc1ccc(C(=O)c2ccc(CNCCCCCCCC(=O)NCCSSCCNC(=O)CCCC[C@@H]3SC[C@@H]4NC(=O)N[C@@H]43)cc2)cc1. The van der Waals surface area contributed by atoms with Gasteiger partial charge in [0.05, 0.1) is 18.5 Å². The van der Waals surface area contributed by atoms with Crippen molar-refractivity contribution in [2.45, 2.75) is 126 Å². The van der Waals surface area contributed by atoms with Gasteiger partial charge in [-0.2, -0.15) is 11.8 Å². The number of hydrogen-bond donors (Lipinski definition) is 8. The molecule has 414 valence electrons. The quantitative estimate of drug-likeness (QED) is 0.0103. The zero-order chi connectivity index (χ0) is 54.8. The van der Waals surface area contributed by atoms with Crippen molar-refractivity contribution in [1.82, 2.24) is 42.5 Å². The molecule has 2 aliphatic rings. The van der Waals surface area contributed by atoms with Gasteiger partial charge >= 0.3 is 6.03 Å². The third kappa shape index (κ3) is 21.8. The normalized spacial score (nSPS) is 16.3. The van der Waals surface area contributed by atoms with Crippen molar-refractivity contribution >= 4 is 74.7 Å². The van der Waals surface area contributed by atoms with Crippen molar-refractivity contribution in [2.75, 3.05) is 36.9 Å². The minimum atomic E-state index is -1.07.